The Bertz CT molecular complexity index is 748. The fraction of sp³-hybridized carbons (Fsp3) is 0.308. The third-order valence-electron chi connectivity index (χ3n) is 3.46. The number of carbonyl (C=O) groups excluding carboxylic acids is 1. The SMILES string of the molecule is O=C(C[n+]1cnn(C2CS(=O)C2)c1)c1ccc([N+](=O)[O-])cc1. The summed E-state index contributed by atoms with van der Waals surface area (Å²) in [4.78, 5) is 22.2. The summed E-state index contributed by atoms with van der Waals surface area (Å²) in [6.45, 7) is 0.105. The Morgan fingerprint density at radius 1 is 1.41 bits per heavy atom. The van der Waals surface area contributed by atoms with Gasteiger partial charge in [0.2, 0.25) is 6.33 Å². The average molecular weight is 321 g/mol. The Morgan fingerprint density at radius 2 is 2.09 bits per heavy atom. The lowest BCUT2D eigenvalue weighted by atomic mass is 10.1. The van der Waals surface area contributed by atoms with Crippen molar-refractivity contribution in [2.24, 2.45) is 0 Å². The monoisotopic (exact) mass is 321 g/mol. The van der Waals surface area contributed by atoms with E-state index in [1.54, 1.807) is 21.9 Å². The van der Waals surface area contributed by atoms with Gasteiger partial charge in [0.25, 0.3) is 12.0 Å². The Balaban J connectivity index is 1.66. The Labute approximate surface area is 128 Å². The molecule has 3 rings (SSSR count). The second kappa shape index (κ2) is 5.76. The summed E-state index contributed by atoms with van der Waals surface area (Å²) in [6, 6.07) is 5.65. The minimum atomic E-state index is -0.752. The first-order valence-electron chi connectivity index (χ1n) is 6.59. The summed E-state index contributed by atoms with van der Waals surface area (Å²) in [5.41, 5.74) is 0.366. The molecule has 1 aromatic carbocycles. The van der Waals surface area contributed by atoms with E-state index in [4.69, 9.17) is 0 Å². The number of Topliss-reactive ketones (excluding diaryl/α,β-unsaturated/α-hetero) is 1. The number of nitro benzene ring substituents is 1. The molecule has 1 aromatic heterocycles. The van der Waals surface area contributed by atoms with Crippen LogP contribution < -0.4 is 4.57 Å². The van der Waals surface area contributed by atoms with Crippen LogP contribution in [-0.2, 0) is 17.3 Å². The molecule has 1 aliphatic heterocycles. The van der Waals surface area contributed by atoms with E-state index in [2.05, 4.69) is 5.10 Å². The van der Waals surface area contributed by atoms with Crippen LogP contribution in [0.4, 0.5) is 5.69 Å². The highest BCUT2D eigenvalue weighted by atomic mass is 32.2. The molecular formula is C13H13N4O4S+. The van der Waals surface area contributed by atoms with Gasteiger partial charge in [-0.25, -0.2) is 4.57 Å². The molecule has 2 aromatic rings. The normalized spacial score (nSPS) is 20.4. The highest BCUT2D eigenvalue weighted by Crippen LogP contribution is 2.18. The number of hydrogen-bond donors (Lipinski definition) is 0. The van der Waals surface area contributed by atoms with Crippen molar-refractivity contribution in [1.82, 2.24) is 9.78 Å². The molecule has 0 spiro atoms. The molecule has 9 heteroatoms. The number of non-ortho nitro benzene ring substituents is 1. The third-order valence-corrected chi connectivity index (χ3v) is 4.97. The second-order valence-corrected chi connectivity index (χ2v) is 6.60. The molecule has 0 radical (unpaired) electrons. The quantitative estimate of drug-likeness (QED) is 0.340. The van der Waals surface area contributed by atoms with Crippen LogP contribution >= 0.6 is 0 Å². The summed E-state index contributed by atoms with van der Waals surface area (Å²) in [6.07, 6.45) is 3.26. The van der Waals surface area contributed by atoms with Crippen molar-refractivity contribution in [2.45, 2.75) is 12.6 Å². The molecule has 0 N–H and O–H groups in total. The fourth-order valence-corrected chi connectivity index (χ4v) is 3.23. The number of nitrogens with zero attached hydrogens (tertiary/aromatic N) is 4. The first-order chi connectivity index (χ1) is 10.5. The van der Waals surface area contributed by atoms with Crippen molar-refractivity contribution in [3.05, 3.63) is 52.6 Å². The molecule has 1 fully saturated rings. The van der Waals surface area contributed by atoms with Crippen LogP contribution in [0.3, 0.4) is 0 Å². The molecule has 0 atom stereocenters. The van der Waals surface area contributed by atoms with Crippen LogP contribution in [0.25, 0.3) is 0 Å². The summed E-state index contributed by atoms with van der Waals surface area (Å²) in [7, 11) is -0.752. The lowest BCUT2D eigenvalue weighted by molar-refractivity contribution is -0.684. The smallest absolute Gasteiger partial charge is 0.269 e. The predicted molar refractivity (Wildman–Crippen MR) is 76.8 cm³/mol. The Hall–Kier alpha value is -2.42. The number of benzene rings is 1. The molecule has 0 unspecified atom stereocenters. The zero-order valence-corrected chi connectivity index (χ0v) is 12.3. The fourth-order valence-electron chi connectivity index (χ4n) is 2.17. The van der Waals surface area contributed by atoms with Gasteiger partial charge in [-0.2, -0.15) is 0 Å². The summed E-state index contributed by atoms with van der Waals surface area (Å²) >= 11 is 0. The molecule has 0 amide bonds. The lowest BCUT2D eigenvalue weighted by Gasteiger charge is -2.19. The number of rotatable bonds is 5. The van der Waals surface area contributed by atoms with Gasteiger partial charge >= 0.3 is 0 Å². The van der Waals surface area contributed by atoms with Crippen LogP contribution in [0.15, 0.2) is 36.9 Å². The number of ketones is 1. The van der Waals surface area contributed by atoms with Crippen LogP contribution in [0.2, 0.25) is 0 Å². The molecular weight excluding hydrogens is 308 g/mol. The van der Waals surface area contributed by atoms with E-state index in [1.807, 2.05) is 0 Å². The summed E-state index contributed by atoms with van der Waals surface area (Å²) in [5, 5.41) is 14.7. The van der Waals surface area contributed by atoms with Crippen molar-refractivity contribution >= 4 is 22.3 Å². The number of hydrogen-bond acceptors (Lipinski definition) is 5. The largest absolute Gasteiger partial charge is 0.291 e. The maximum Gasteiger partial charge on any atom is 0.269 e. The zero-order chi connectivity index (χ0) is 15.7. The van der Waals surface area contributed by atoms with Crippen molar-refractivity contribution in [3.63, 3.8) is 0 Å². The lowest BCUT2D eigenvalue weighted by Crippen LogP contribution is -2.38. The first kappa shape index (κ1) is 14.5. The maximum absolute atomic E-state index is 12.1. The molecule has 22 heavy (non-hydrogen) atoms. The van der Waals surface area contributed by atoms with E-state index in [0.29, 0.717) is 17.1 Å². The number of nitro groups is 1. The highest BCUT2D eigenvalue weighted by Gasteiger charge is 2.32. The van der Waals surface area contributed by atoms with Crippen molar-refractivity contribution in [2.75, 3.05) is 11.5 Å². The van der Waals surface area contributed by atoms with Crippen molar-refractivity contribution in [1.29, 1.82) is 0 Å². The molecule has 1 aliphatic rings. The summed E-state index contributed by atoms with van der Waals surface area (Å²) in [5.74, 6) is 1.03. The predicted octanol–water partition coefficient (Wildman–Crippen LogP) is 0.265. The van der Waals surface area contributed by atoms with E-state index >= 15 is 0 Å². The molecule has 0 saturated carbocycles. The highest BCUT2D eigenvalue weighted by molar-refractivity contribution is 7.86. The Kier molecular flexibility index (Phi) is 3.80. The van der Waals surface area contributed by atoms with Crippen LogP contribution in [0, 0.1) is 10.1 Å². The standard InChI is InChI=1S/C13H13N4O4S/c18-13(10-1-3-11(4-2-10)17(19)20)5-15-8-14-16(9-15)12-6-22(21)7-12/h1-4,8-9,12H,5-7H2/q+1. The van der Waals surface area contributed by atoms with Gasteiger partial charge in [-0.1, -0.05) is 0 Å². The molecule has 1 saturated heterocycles. The van der Waals surface area contributed by atoms with Gasteiger partial charge in [-0.3, -0.25) is 19.1 Å². The van der Waals surface area contributed by atoms with E-state index in [1.165, 1.54) is 24.3 Å². The number of aromatic nitrogens is 3. The minimum Gasteiger partial charge on any atom is -0.291 e. The first-order valence-corrected chi connectivity index (χ1v) is 8.07. The summed E-state index contributed by atoms with van der Waals surface area (Å²) < 4.78 is 14.4. The second-order valence-electron chi connectivity index (χ2n) is 5.05. The van der Waals surface area contributed by atoms with Gasteiger partial charge < -0.3 is 0 Å². The number of carbonyl (C=O) groups is 1. The van der Waals surface area contributed by atoms with E-state index in [0.717, 1.165) is 0 Å². The van der Waals surface area contributed by atoms with Crippen LogP contribution in [0.1, 0.15) is 16.4 Å². The van der Waals surface area contributed by atoms with Gasteiger partial charge in [0.1, 0.15) is 12.6 Å². The molecule has 114 valence electrons. The molecule has 0 bridgehead atoms. The van der Waals surface area contributed by atoms with E-state index in [9.17, 15) is 19.1 Å². The van der Waals surface area contributed by atoms with Gasteiger partial charge in [0, 0.05) is 33.6 Å². The molecule has 0 aliphatic carbocycles. The van der Waals surface area contributed by atoms with Crippen molar-refractivity contribution in [3.8, 4) is 0 Å². The Morgan fingerprint density at radius 3 is 2.68 bits per heavy atom. The minimum absolute atomic E-state index is 0.0463. The maximum atomic E-state index is 12.1. The van der Waals surface area contributed by atoms with E-state index in [-0.39, 0.29) is 24.1 Å². The van der Waals surface area contributed by atoms with E-state index < -0.39 is 15.7 Å². The molecule has 8 nitrogen and oxygen atoms in total. The van der Waals surface area contributed by atoms with Gasteiger partial charge in [-0.15, -0.1) is 4.68 Å². The molecule has 2 heterocycles. The third kappa shape index (κ3) is 2.93. The average Bonchev–Trinajstić information content (AvgIpc) is 2.92. The van der Waals surface area contributed by atoms with Gasteiger partial charge in [0.05, 0.1) is 16.4 Å². The van der Waals surface area contributed by atoms with Crippen LogP contribution in [-0.4, -0.2) is 36.2 Å². The van der Waals surface area contributed by atoms with Gasteiger partial charge in [0.15, 0.2) is 5.78 Å². The van der Waals surface area contributed by atoms with Crippen molar-refractivity contribution < 1.29 is 18.5 Å². The van der Waals surface area contributed by atoms with Crippen LogP contribution in [0.5, 0.6) is 0 Å². The topological polar surface area (TPSA) is 99.0 Å². The van der Waals surface area contributed by atoms with Gasteiger partial charge in [-0.05, 0) is 12.1 Å². The zero-order valence-electron chi connectivity index (χ0n) is 11.5.